The lowest BCUT2D eigenvalue weighted by atomic mass is 10.0. The van der Waals surface area contributed by atoms with Crippen LogP contribution in [-0.2, 0) is 4.79 Å². The van der Waals surface area contributed by atoms with Gasteiger partial charge in [0.2, 0.25) is 5.91 Å². The van der Waals surface area contributed by atoms with E-state index < -0.39 is 6.04 Å². The minimum Gasteiger partial charge on any atom is -0.354 e. The number of unbranched alkanes of at least 4 members (excludes halogenated alkanes) is 2. The summed E-state index contributed by atoms with van der Waals surface area (Å²) in [5, 5.41) is 6.40. The van der Waals surface area contributed by atoms with Gasteiger partial charge < -0.3 is 10.6 Å². The number of nitrogens with one attached hydrogen (secondary N) is 2. The van der Waals surface area contributed by atoms with Crippen molar-refractivity contribution in [1.29, 1.82) is 0 Å². The van der Waals surface area contributed by atoms with Crippen molar-refractivity contribution in [2.75, 3.05) is 0 Å². The van der Waals surface area contributed by atoms with E-state index in [0.29, 0.717) is 10.6 Å². The monoisotopic (exact) mass is 400 g/mol. The normalized spacial score (nSPS) is 12.8. The maximum atomic E-state index is 12.7. The van der Waals surface area contributed by atoms with Crippen molar-refractivity contribution in [3.63, 3.8) is 0 Å². The molecule has 0 saturated heterocycles. The third-order valence-electron chi connectivity index (χ3n) is 4.66. The Labute approximate surface area is 172 Å². The smallest absolute Gasteiger partial charge is 0.253 e. The molecule has 0 bridgehead atoms. The maximum Gasteiger partial charge on any atom is 0.253 e. The summed E-state index contributed by atoms with van der Waals surface area (Å²) in [6, 6.07) is 16.1. The number of amides is 2. The minimum absolute atomic E-state index is 0.0719. The predicted molar refractivity (Wildman–Crippen MR) is 114 cm³/mol. The van der Waals surface area contributed by atoms with E-state index in [1.165, 1.54) is 6.42 Å². The van der Waals surface area contributed by atoms with Gasteiger partial charge in [0.1, 0.15) is 0 Å². The third kappa shape index (κ3) is 7.01. The first kappa shape index (κ1) is 22.0. The van der Waals surface area contributed by atoms with Crippen LogP contribution in [0.2, 0.25) is 5.02 Å². The molecular weight excluding hydrogens is 372 g/mol. The van der Waals surface area contributed by atoms with Crippen LogP contribution < -0.4 is 10.6 Å². The largest absolute Gasteiger partial charge is 0.354 e. The van der Waals surface area contributed by atoms with Gasteiger partial charge in [-0.2, -0.15) is 0 Å². The molecule has 0 heterocycles. The van der Waals surface area contributed by atoms with Gasteiger partial charge in [-0.25, -0.2) is 0 Å². The molecule has 2 aromatic carbocycles. The number of carbonyl (C=O) groups excluding carboxylic acids is 2. The zero-order valence-electron chi connectivity index (χ0n) is 16.6. The van der Waals surface area contributed by atoms with Crippen LogP contribution in [0.4, 0.5) is 0 Å². The summed E-state index contributed by atoms with van der Waals surface area (Å²) in [6.07, 6.45) is 4.56. The number of hydrogen-bond acceptors (Lipinski definition) is 2. The average molecular weight is 401 g/mol. The van der Waals surface area contributed by atoms with Crippen LogP contribution in [0.1, 0.15) is 67.9 Å². The van der Waals surface area contributed by atoms with Gasteiger partial charge in [0.25, 0.3) is 5.91 Å². The van der Waals surface area contributed by atoms with E-state index in [2.05, 4.69) is 17.6 Å². The predicted octanol–water partition coefficient (Wildman–Crippen LogP) is 5.29. The molecule has 0 radical (unpaired) electrons. The Bertz CT molecular complexity index is 764. The number of benzene rings is 2. The van der Waals surface area contributed by atoms with Gasteiger partial charge in [0.05, 0.1) is 23.0 Å². The van der Waals surface area contributed by atoms with E-state index in [1.54, 1.807) is 24.3 Å². The molecular formula is C23H29ClN2O2. The molecule has 0 aromatic heterocycles. The molecule has 0 saturated carbocycles. The van der Waals surface area contributed by atoms with Gasteiger partial charge >= 0.3 is 0 Å². The third-order valence-corrected chi connectivity index (χ3v) is 4.99. The van der Waals surface area contributed by atoms with Crippen LogP contribution in [0.15, 0.2) is 54.6 Å². The fourth-order valence-electron chi connectivity index (χ4n) is 3.11. The van der Waals surface area contributed by atoms with E-state index in [1.807, 2.05) is 37.3 Å². The summed E-state index contributed by atoms with van der Waals surface area (Å²) in [7, 11) is 0. The molecule has 0 aliphatic rings. The molecule has 2 rings (SSSR count). The van der Waals surface area contributed by atoms with Crippen molar-refractivity contribution in [3.05, 3.63) is 70.7 Å². The van der Waals surface area contributed by atoms with Crippen LogP contribution >= 0.6 is 11.6 Å². The minimum atomic E-state index is -0.423. The van der Waals surface area contributed by atoms with E-state index in [4.69, 9.17) is 11.6 Å². The van der Waals surface area contributed by atoms with Gasteiger partial charge in [0, 0.05) is 6.04 Å². The molecule has 150 valence electrons. The van der Waals surface area contributed by atoms with Crippen molar-refractivity contribution in [2.45, 2.75) is 58.0 Å². The Morgan fingerprint density at radius 1 is 0.964 bits per heavy atom. The molecule has 4 nitrogen and oxygen atoms in total. The highest BCUT2D eigenvalue weighted by Gasteiger charge is 2.21. The van der Waals surface area contributed by atoms with Crippen molar-refractivity contribution >= 4 is 23.4 Å². The lowest BCUT2D eigenvalue weighted by Gasteiger charge is -2.21. The maximum absolute atomic E-state index is 12.7. The zero-order chi connectivity index (χ0) is 20.4. The Balaban J connectivity index is 2.05. The first-order chi connectivity index (χ1) is 13.5. The SMILES string of the molecule is CCCCCC(C)NC(=O)CC(NC(=O)c1ccccc1Cl)c1ccccc1. The average Bonchev–Trinajstić information content (AvgIpc) is 2.68. The molecule has 2 atom stereocenters. The highest BCUT2D eigenvalue weighted by molar-refractivity contribution is 6.33. The highest BCUT2D eigenvalue weighted by Crippen LogP contribution is 2.20. The fourth-order valence-corrected chi connectivity index (χ4v) is 3.33. The first-order valence-electron chi connectivity index (χ1n) is 9.91. The molecule has 2 aromatic rings. The van der Waals surface area contributed by atoms with E-state index in [-0.39, 0.29) is 24.3 Å². The van der Waals surface area contributed by atoms with Gasteiger partial charge in [0.15, 0.2) is 0 Å². The highest BCUT2D eigenvalue weighted by atomic mass is 35.5. The van der Waals surface area contributed by atoms with Crippen LogP contribution in [0.3, 0.4) is 0 Å². The first-order valence-corrected chi connectivity index (χ1v) is 10.3. The van der Waals surface area contributed by atoms with E-state index in [9.17, 15) is 9.59 Å². The Kier molecular flexibility index (Phi) is 9.02. The standard InChI is InChI=1S/C23H29ClN2O2/c1-3-4-6-11-17(2)25-22(27)16-21(18-12-7-5-8-13-18)26-23(28)19-14-9-10-15-20(19)24/h5,7-10,12-15,17,21H,3-4,6,11,16H2,1-2H3,(H,25,27)(H,26,28). The van der Waals surface area contributed by atoms with Crippen LogP contribution in [0.5, 0.6) is 0 Å². The Morgan fingerprint density at radius 3 is 2.32 bits per heavy atom. The number of rotatable bonds is 10. The van der Waals surface area contributed by atoms with Gasteiger partial charge in [-0.05, 0) is 31.0 Å². The van der Waals surface area contributed by atoms with E-state index >= 15 is 0 Å². The number of halogens is 1. The second kappa shape index (κ2) is 11.5. The summed E-state index contributed by atoms with van der Waals surface area (Å²) in [6.45, 7) is 4.18. The second-order valence-corrected chi connectivity index (χ2v) is 7.49. The molecule has 0 spiro atoms. The molecule has 0 fully saturated rings. The molecule has 0 aliphatic heterocycles. The molecule has 2 N–H and O–H groups in total. The van der Waals surface area contributed by atoms with E-state index in [0.717, 1.165) is 24.8 Å². The number of hydrogen-bond donors (Lipinski definition) is 2. The molecule has 28 heavy (non-hydrogen) atoms. The number of carbonyl (C=O) groups is 2. The summed E-state index contributed by atoms with van der Waals surface area (Å²) in [5.74, 6) is -0.361. The summed E-state index contributed by atoms with van der Waals surface area (Å²) in [5.41, 5.74) is 1.29. The van der Waals surface area contributed by atoms with Crippen molar-refractivity contribution < 1.29 is 9.59 Å². The fraction of sp³-hybridized carbons (Fsp3) is 0.391. The summed E-state index contributed by atoms with van der Waals surface area (Å²) in [4.78, 5) is 25.3. The summed E-state index contributed by atoms with van der Waals surface area (Å²) < 4.78 is 0. The van der Waals surface area contributed by atoms with Crippen molar-refractivity contribution in [1.82, 2.24) is 10.6 Å². The molecule has 2 unspecified atom stereocenters. The lowest BCUT2D eigenvalue weighted by molar-refractivity contribution is -0.122. The van der Waals surface area contributed by atoms with Gasteiger partial charge in [-0.1, -0.05) is 80.3 Å². The van der Waals surface area contributed by atoms with Crippen molar-refractivity contribution in [3.8, 4) is 0 Å². The Morgan fingerprint density at radius 2 is 1.64 bits per heavy atom. The van der Waals surface area contributed by atoms with Gasteiger partial charge in [-0.15, -0.1) is 0 Å². The molecule has 0 aliphatic carbocycles. The lowest BCUT2D eigenvalue weighted by Crippen LogP contribution is -2.37. The molecule has 5 heteroatoms. The summed E-state index contributed by atoms with van der Waals surface area (Å²) >= 11 is 6.14. The van der Waals surface area contributed by atoms with Crippen molar-refractivity contribution in [2.24, 2.45) is 0 Å². The second-order valence-electron chi connectivity index (χ2n) is 7.09. The van der Waals surface area contributed by atoms with Gasteiger partial charge in [-0.3, -0.25) is 9.59 Å². The quantitative estimate of drug-likeness (QED) is 0.532. The topological polar surface area (TPSA) is 58.2 Å². The Hall–Kier alpha value is -2.33. The zero-order valence-corrected chi connectivity index (χ0v) is 17.3. The van der Waals surface area contributed by atoms with Crippen LogP contribution in [0, 0.1) is 0 Å². The molecule has 2 amide bonds. The van der Waals surface area contributed by atoms with Crippen LogP contribution in [0.25, 0.3) is 0 Å². The van der Waals surface area contributed by atoms with Crippen LogP contribution in [-0.4, -0.2) is 17.9 Å².